The van der Waals surface area contributed by atoms with Crippen LogP contribution in [0.25, 0.3) is 0 Å². The fourth-order valence-corrected chi connectivity index (χ4v) is 1.11. The van der Waals surface area contributed by atoms with Crippen molar-refractivity contribution in [3.63, 3.8) is 0 Å². The van der Waals surface area contributed by atoms with Crippen LogP contribution in [0, 0.1) is 0 Å². The number of nitrogens with zero attached hydrogens (tertiary/aromatic N) is 1. The van der Waals surface area contributed by atoms with Gasteiger partial charge >= 0.3 is 5.97 Å². The van der Waals surface area contributed by atoms with Crippen molar-refractivity contribution in [2.45, 2.75) is 19.8 Å². The van der Waals surface area contributed by atoms with E-state index in [-0.39, 0.29) is 5.97 Å². The van der Waals surface area contributed by atoms with Crippen LogP contribution < -0.4 is 0 Å². The van der Waals surface area contributed by atoms with Crippen LogP contribution in [0.2, 0.25) is 0 Å². The van der Waals surface area contributed by atoms with Crippen LogP contribution in [0.15, 0.2) is 36.7 Å². The van der Waals surface area contributed by atoms with Gasteiger partial charge in [-0.3, -0.25) is 4.98 Å². The summed E-state index contributed by atoms with van der Waals surface area (Å²) in [6.07, 6.45) is 5.24. The third-order valence-electron chi connectivity index (χ3n) is 1.94. The average molecular weight is 205 g/mol. The molecule has 0 spiro atoms. The zero-order chi connectivity index (χ0) is 11.1. The number of esters is 1. The van der Waals surface area contributed by atoms with Crippen molar-refractivity contribution in [1.82, 2.24) is 4.98 Å². The van der Waals surface area contributed by atoms with Crippen LogP contribution in [0.5, 0.6) is 0 Å². The highest BCUT2D eigenvalue weighted by atomic mass is 16.5. The van der Waals surface area contributed by atoms with Crippen LogP contribution in [-0.4, -0.2) is 17.6 Å². The number of pyridine rings is 1. The van der Waals surface area contributed by atoms with Crippen LogP contribution in [0.3, 0.4) is 0 Å². The molecule has 0 aliphatic heterocycles. The number of carbonyl (C=O) groups is 1. The lowest BCUT2D eigenvalue weighted by molar-refractivity contribution is -0.139. The quantitative estimate of drug-likeness (QED) is 0.420. The molecule has 0 aliphatic rings. The van der Waals surface area contributed by atoms with E-state index in [2.05, 4.69) is 11.6 Å². The van der Waals surface area contributed by atoms with E-state index in [9.17, 15) is 4.79 Å². The SMILES string of the molecule is C=C(C)C(=O)OCCCc1ccncc1. The second kappa shape index (κ2) is 5.96. The van der Waals surface area contributed by atoms with E-state index < -0.39 is 0 Å². The topological polar surface area (TPSA) is 39.2 Å². The van der Waals surface area contributed by atoms with Gasteiger partial charge in [0.2, 0.25) is 0 Å². The molecule has 3 nitrogen and oxygen atoms in total. The summed E-state index contributed by atoms with van der Waals surface area (Å²) < 4.78 is 4.97. The molecule has 1 heterocycles. The molecule has 0 saturated heterocycles. The molecule has 0 saturated carbocycles. The number of carbonyl (C=O) groups excluding carboxylic acids is 1. The molecular formula is C12H15NO2. The predicted molar refractivity (Wildman–Crippen MR) is 58.3 cm³/mol. The van der Waals surface area contributed by atoms with E-state index in [4.69, 9.17) is 4.74 Å². The van der Waals surface area contributed by atoms with Gasteiger partial charge in [-0.2, -0.15) is 0 Å². The van der Waals surface area contributed by atoms with Crippen LogP contribution in [0.4, 0.5) is 0 Å². The maximum absolute atomic E-state index is 11.0. The van der Waals surface area contributed by atoms with E-state index in [1.807, 2.05) is 12.1 Å². The number of hydrogen-bond acceptors (Lipinski definition) is 3. The second-order valence-corrected chi connectivity index (χ2v) is 3.38. The van der Waals surface area contributed by atoms with Crippen molar-refractivity contribution in [3.05, 3.63) is 42.2 Å². The van der Waals surface area contributed by atoms with Crippen molar-refractivity contribution in [1.29, 1.82) is 0 Å². The highest BCUT2D eigenvalue weighted by molar-refractivity contribution is 5.86. The summed E-state index contributed by atoms with van der Waals surface area (Å²) in [5, 5.41) is 0. The Morgan fingerprint density at radius 3 is 2.73 bits per heavy atom. The number of aryl methyl sites for hydroxylation is 1. The fraction of sp³-hybridized carbons (Fsp3) is 0.333. The highest BCUT2D eigenvalue weighted by Gasteiger charge is 2.01. The Balaban J connectivity index is 2.18. The Kier molecular flexibility index (Phi) is 4.54. The number of rotatable bonds is 5. The number of aromatic nitrogens is 1. The molecule has 0 atom stereocenters. The summed E-state index contributed by atoms with van der Waals surface area (Å²) in [5.41, 5.74) is 1.65. The van der Waals surface area contributed by atoms with Gasteiger partial charge in [0.15, 0.2) is 0 Å². The minimum atomic E-state index is -0.315. The van der Waals surface area contributed by atoms with Gasteiger partial charge in [0.05, 0.1) is 6.61 Å². The van der Waals surface area contributed by atoms with Crippen LogP contribution in [-0.2, 0) is 16.0 Å². The van der Waals surface area contributed by atoms with Gasteiger partial charge in [0, 0.05) is 18.0 Å². The van der Waals surface area contributed by atoms with Gasteiger partial charge in [-0.05, 0) is 37.5 Å². The molecule has 1 rings (SSSR count). The summed E-state index contributed by atoms with van der Waals surface area (Å²) in [4.78, 5) is 15.0. The van der Waals surface area contributed by atoms with Gasteiger partial charge < -0.3 is 4.74 Å². The number of hydrogen-bond donors (Lipinski definition) is 0. The highest BCUT2D eigenvalue weighted by Crippen LogP contribution is 2.01. The lowest BCUT2D eigenvalue weighted by Crippen LogP contribution is -2.06. The van der Waals surface area contributed by atoms with E-state index >= 15 is 0 Å². The lowest BCUT2D eigenvalue weighted by atomic mass is 10.1. The van der Waals surface area contributed by atoms with Crippen molar-refractivity contribution < 1.29 is 9.53 Å². The summed E-state index contributed by atoms with van der Waals surface area (Å²) in [7, 11) is 0. The Morgan fingerprint density at radius 2 is 2.13 bits per heavy atom. The van der Waals surface area contributed by atoms with Crippen molar-refractivity contribution >= 4 is 5.97 Å². The Hall–Kier alpha value is -1.64. The average Bonchev–Trinajstić information content (AvgIpc) is 2.25. The van der Waals surface area contributed by atoms with E-state index in [1.54, 1.807) is 19.3 Å². The monoisotopic (exact) mass is 205 g/mol. The molecule has 1 aromatic rings. The van der Waals surface area contributed by atoms with Crippen molar-refractivity contribution in [3.8, 4) is 0 Å². The minimum Gasteiger partial charge on any atom is -0.462 e. The maximum atomic E-state index is 11.0. The summed E-state index contributed by atoms with van der Waals surface area (Å²) in [5.74, 6) is -0.315. The largest absolute Gasteiger partial charge is 0.462 e. The summed E-state index contributed by atoms with van der Waals surface area (Å²) in [6, 6.07) is 3.92. The predicted octanol–water partition coefficient (Wildman–Crippen LogP) is 2.13. The molecule has 3 heteroatoms. The van der Waals surface area contributed by atoms with Crippen molar-refractivity contribution in [2.75, 3.05) is 6.61 Å². The van der Waals surface area contributed by atoms with E-state index in [0.29, 0.717) is 12.2 Å². The maximum Gasteiger partial charge on any atom is 0.333 e. The van der Waals surface area contributed by atoms with E-state index in [0.717, 1.165) is 12.8 Å². The third-order valence-corrected chi connectivity index (χ3v) is 1.94. The smallest absolute Gasteiger partial charge is 0.333 e. The van der Waals surface area contributed by atoms with Crippen LogP contribution in [0.1, 0.15) is 18.9 Å². The summed E-state index contributed by atoms with van der Waals surface area (Å²) >= 11 is 0. The first-order valence-corrected chi connectivity index (χ1v) is 4.91. The van der Waals surface area contributed by atoms with Crippen molar-refractivity contribution in [2.24, 2.45) is 0 Å². The molecule has 0 radical (unpaired) electrons. The Morgan fingerprint density at radius 1 is 1.47 bits per heavy atom. The first-order chi connectivity index (χ1) is 7.20. The molecule has 15 heavy (non-hydrogen) atoms. The number of ether oxygens (including phenoxy) is 1. The Labute approximate surface area is 89.8 Å². The minimum absolute atomic E-state index is 0.315. The first kappa shape index (κ1) is 11.4. The zero-order valence-corrected chi connectivity index (χ0v) is 8.90. The zero-order valence-electron chi connectivity index (χ0n) is 8.90. The van der Waals surface area contributed by atoms with Crippen LogP contribution >= 0.6 is 0 Å². The van der Waals surface area contributed by atoms with Gasteiger partial charge in [-0.25, -0.2) is 4.79 Å². The molecule has 0 aliphatic carbocycles. The molecule has 0 aromatic carbocycles. The molecule has 1 aromatic heterocycles. The Bertz CT molecular complexity index is 333. The fourth-order valence-electron chi connectivity index (χ4n) is 1.11. The molecule has 0 bridgehead atoms. The molecule has 0 amide bonds. The third kappa shape index (κ3) is 4.40. The lowest BCUT2D eigenvalue weighted by Gasteiger charge is -2.03. The standard InChI is InChI=1S/C12H15NO2/c1-10(2)12(14)15-9-3-4-11-5-7-13-8-6-11/h5-8H,1,3-4,9H2,2H3. The molecular weight excluding hydrogens is 190 g/mol. The van der Waals surface area contributed by atoms with Gasteiger partial charge in [0.25, 0.3) is 0 Å². The molecule has 0 fully saturated rings. The second-order valence-electron chi connectivity index (χ2n) is 3.38. The van der Waals surface area contributed by atoms with Gasteiger partial charge in [-0.1, -0.05) is 6.58 Å². The molecule has 80 valence electrons. The van der Waals surface area contributed by atoms with Gasteiger partial charge in [0.1, 0.15) is 0 Å². The molecule has 0 N–H and O–H groups in total. The normalized spacial score (nSPS) is 9.67. The van der Waals surface area contributed by atoms with Gasteiger partial charge in [-0.15, -0.1) is 0 Å². The summed E-state index contributed by atoms with van der Waals surface area (Å²) in [6.45, 7) is 5.59. The molecule has 0 unspecified atom stereocenters. The first-order valence-electron chi connectivity index (χ1n) is 4.91. The van der Waals surface area contributed by atoms with E-state index in [1.165, 1.54) is 5.56 Å².